The van der Waals surface area contributed by atoms with Crippen molar-refractivity contribution in [2.75, 3.05) is 39.6 Å². The first-order chi connectivity index (χ1) is 46.6. The van der Waals surface area contributed by atoms with E-state index in [0.717, 1.165) is 114 Å². The fraction of sp³-hybridized carbons (Fsp3) is 0.949. The Morgan fingerprint density at radius 1 is 0.289 bits per heavy atom. The topological polar surface area (TPSA) is 237 Å². The minimum atomic E-state index is -4.96. The number of carbonyl (C=O) groups excluding carboxylic acids is 4. The van der Waals surface area contributed by atoms with Gasteiger partial charge in [0.15, 0.2) is 12.2 Å². The molecule has 0 aromatic carbocycles. The summed E-state index contributed by atoms with van der Waals surface area (Å²) < 4.78 is 68.5. The molecule has 0 spiro atoms. The van der Waals surface area contributed by atoms with Gasteiger partial charge in [0.25, 0.3) is 0 Å². The van der Waals surface area contributed by atoms with Crippen LogP contribution in [0.4, 0.5) is 0 Å². The number of ether oxygens (including phenoxy) is 4. The van der Waals surface area contributed by atoms with Crippen LogP contribution in [0, 0.1) is 23.7 Å². The number of esters is 4. The summed E-state index contributed by atoms with van der Waals surface area (Å²) in [7, 11) is -9.92. The molecule has 19 heteroatoms. The highest BCUT2D eigenvalue weighted by atomic mass is 31.2. The second kappa shape index (κ2) is 67.2. The quantitative estimate of drug-likeness (QED) is 0.0222. The van der Waals surface area contributed by atoms with Crippen molar-refractivity contribution >= 4 is 39.5 Å². The summed E-state index contributed by atoms with van der Waals surface area (Å²) in [5.41, 5.74) is 0. The summed E-state index contributed by atoms with van der Waals surface area (Å²) in [5, 5.41) is 10.6. The van der Waals surface area contributed by atoms with Crippen molar-refractivity contribution < 1.29 is 80.2 Å². The van der Waals surface area contributed by atoms with Crippen LogP contribution >= 0.6 is 15.6 Å². The first kappa shape index (κ1) is 95.1. The van der Waals surface area contributed by atoms with Crippen molar-refractivity contribution in [1.82, 2.24) is 0 Å². The highest BCUT2D eigenvalue weighted by Gasteiger charge is 2.30. The second-order valence-corrected chi connectivity index (χ2v) is 32.7. The Morgan fingerprint density at radius 3 is 0.732 bits per heavy atom. The lowest BCUT2D eigenvalue weighted by Gasteiger charge is -2.21. The zero-order valence-corrected chi connectivity index (χ0v) is 65.5. The Labute approximate surface area is 594 Å². The molecule has 0 aliphatic carbocycles. The van der Waals surface area contributed by atoms with E-state index < -0.39 is 97.5 Å². The van der Waals surface area contributed by atoms with Crippen LogP contribution in [0.15, 0.2) is 0 Å². The molecule has 3 N–H and O–H groups in total. The van der Waals surface area contributed by atoms with Crippen LogP contribution in [-0.2, 0) is 65.4 Å². The summed E-state index contributed by atoms with van der Waals surface area (Å²) in [6.45, 7) is 14.2. The number of unbranched alkanes of at least 4 members (excludes halogenated alkanes) is 40. The lowest BCUT2D eigenvalue weighted by Crippen LogP contribution is -2.30. The molecule has 0 fully saturated rings. The maximum absolute atomic E-state index is 13.1. The summed E-state index contributed by atoms with van der Waals surface area (Å²) in [4.78, 5) is 72.8. The molecular formula is C78H152O17P2. The zero-order valence-electron chi connectivity index (χ0n) is 63.7. The highest BCUT2D eigenvalue weighted by molar-refractivity contribution is 7.47. The molecular weight excluding hydrogens is 1270 g/mol. The maximum Gasteiger partial charge on any atom is 0.472 e. The van der Waals surface area contributed by atoms with Crippen LogP contribution in [0.25, 0.3) is 0 Å². The third-order valence-corrected chi connectivity index (χ3v) is 20.3. The fourth-order valence-corrected chi connectivity index (χ4v) is 13.5. The molecule has 0 rings (SSSR count). The van der Waals surface area contributed by atoms with E-state index in [4.69, 9.17) is 37.0 Å². The summed E-state index contributed by atoms with van der Waals surface area (Å²) in [6.07, 6.45) is 52.9. The van der Waals surface area contributed by atoms with E-state index in [2.05, 4.69) is 55.4 Å². The lowest BCUT2D eigenvalue weighted by molar-refractivity contribution is -0.161. The SMILES string of the molecule is CCC(C)CCCCCCCCCCCCCCCCC(=O)O[C@H](COC(=O)CCCCCCCCC(C)C)COP(=O)(O)OC[C@H](O)COP(=O)(O)OC[C@@H](COC(=O)CCCCCCCCCCC(C)C)OC(=O)CCCCCCCCCCCCCCCCCCC(C)C. The van der Waals surface area contributed by atoms with Crippen molar-refractivity contribution in [3.63, 3.8) is 0 Å². The van der Waals surface area contributed by atoms with Crippen molar-refractivity contribution in [2.45, 2.75) is 414 Å². The average molecular weight is 1420 g/mol. The molecule has 0 saturated carbocycles. The second-order valence-electron chi connectivity index (χ2n) is 29.8. The normalized spacial score (nSPS) is 14.4. The van der Waals surface area contributed by atoms with Gasteiger partial charge < -0.3 is 33.8 Å². The van der Waals surface area contributed by atoms with Crippen molar-refractivity contribution in [2.24, 2.45) is 23.7 Å². The molecule has 0 aliphatic heterocycles. The Balaban J connectivity index is 5.19. The molecule has 3 unspecified atom stereocenters. The first-order valence-corrected chi connectivity index (χ1v) is 43.2. The average Bonchev–Trinajstić information content (AvgIpc) is 0.965. The molecule has 0 aliphatic rings. The van der Waals surface area contributed by atoms with Gasteiger partial charge in [-0.25, -0.2) is 9.13 Å². The Bertz CT molecular complexity index is 1900. The summed E-state index contributed by atoms with van der Waals surface area (Å²) >= 11 is 0. The van der Waals surface area contributed by atoms with Crippen LogP contribution in [0.5, 0.6) is 0 Å². The predicted molar refractivity (Wildman–Crippen MR) is 395 cm³/mol. The zero-order chi connectivity index (χ0) is 71.7. The third-order valence-electron chi connectivity index (χ3n) is 18.4. The Morgan fingerprint density at radius 2 is 0.495 bits per heavy atom. The number of phosphoric ester groups is 2. The number of hydrogen-bond donors (Lipinski definition) is 3. The molecule has 97 heavy (non-hydrogen) atoms. The van der Waals surface area contributed by atoms with E-state index in [9.17, 15) is 43.2 Å². The molecule has 17 nitrogen and oxygen atoms in total. The number of rotatable bonds is 75. The maximum atomic E-state index is 13.1. The van der Waals surface area contributed by atoms with Crippen LogP contribution in [-0.4, -0.2) is 96.7 Å². The van der Waals surface area contributed by atoms with Gasteiger partial charge in [-0.05, 0) is 49.4 Å². The molecule has 576 valence electrons. The first-order valence-electron chi connectivity index (χ1n) is 40.2. The molecule has 0 bridgehead atoms. The van der Waals surface area contributed by atoms with Gasteiger partial charge in [-0.3, -0.25) is 37.3 Å². The summed E-state index contributed by atoms with van der Waals surface area (Å²) in [6, 6.07) is 0. The molecule has 6 atom stereocenters. The molecule has 0 saturated heterocycles. The third kappa shape index (κ3) is 70.9. The monoisotopic (exact) mass is 1420 g/mol. The molecule has 0 radical (unpaired) electrons. The number of aliphatic hydroxyl groups excluding tert-OH is 1. The van der Waals surface area contributed by atoms with E-state index in [1.54, 1.807) is 0 Å². The van der Waals surface area contributed by atoms with Crippen LogP contribution in [0.2, 0.25) is 0 Å². The molecule has 0 amide bonds. The highest BCUT2D eigenvalue weighted by Crippen LogP contribution is 2.45. The minimum Gasteiger partial charge on any atom is -0.462 e. The fourth-order valence-electron chi connectivity index (χ4n) is 11.9. The van der Waals surface area contributed by atoms with Crippen molar-refractivity contribution in [1.29, 1.82) is 0 Å². The van der Waals surface area contributed by atoms with Gasteiger partial charge in [-0.15, -0.1) is 0 Å². The molecule has 0 aromatic rings. The smallest absolute Gasteiger partial charge is 0.462 e. The summed E-state index contributed by atoms with van der Waals surface area (Å²) in [5.74, 6) is 0.940. The van der Waals surface area contributed by atoms with Gasteiger partial charge in [-0.2, -0.15) is 0 Å². The predicted octanol–water partition coefficient (Wildman–Crippen LogP) is 22.8. The Kier molecular flexibility index (Phi) is 65.9. The van der Waals surface area contributed by atoms with E-state index >= 15 is 0 Å². The van der Waals surface area contributed by atoms with Crippen LogP contribution in [0.3, 0.4) is 0 Å². The lowest BCUT2D eigenvalue weighted by atomic mass is 9.99. The largest absolute Gasteiger partial charge is 0.472 e. The van der Waals surface area contributed by atoms with Gasteiger partial charge >= 0.3 is 39.5 Å². The van der Waals surface area contributed by atoms with Gasteiger partial charge in [-0.1, -0.05) is 344 Å². The minimum absolute atomic E-state index is 0.106. The number of hydrogen-bond acceptors (Lipinski definition) is 15. The van der Waals surface area contributed by atoms with Gasteiger partial charge in [0, 0.05) is 25.7 Å². The van der Waals surface area contributed by atoms with E-state index in [1.165, 1.54) is 193 Å². The van der Waals surface area contributed by atoms with Gasteiger partial charge in [0.05, 0.1) is 26.4 Å². The van der Waals surface area contributed by atoms with Gasteiger partial charge in [0.2, 0.25) is 0 Å². The van der Waals surface area contributed by atoms with Crippen molar-refractivity contribution in [3.8, 4) is 0 Å². The Hall–Kier alpha value is -1.94. The standard InChI is InChI=1S/C78H152O17P2/c1-9-71(8)57-49-41-32-25-21-17-14-15-19-23-27-35-45-53-61-78(83)95-74(65-89-76(81)59-51-43-37-36-40-48-56-70(6)7)67-93-97(86,87)91-63-72(79)62-90-96(84,85)92-66-73(64-88-75(80)58-50-42-33-29-28-31-39-47-55-69(4)5)94-77(82)60-52-44-34-26-22-18-13-11-10-12-16-20-24-30-38-46-54-68(2)3/h68-74,79H,9-67H2,1-8H3,(H,84,85)(H,86,87)/t71?,72-,73-,74-/m1/s1. The van der Waals surface area contributed by atoms with E-state index in [0.29, 0.717) is 31.6 Å². The molecule has 0 heterocycles. The number of aliphatic hydroxyl groups is 1. The van der Waals surface area contributed by atoms with E-state index in [1.807, 2.05) is 0 Å². The van der Waals surface area contributed by atoms with Gasteiger partial charge in [0.1, 0.15) is 19.3 Å². The molecule has 0 aromatic heterocycles. The van der Waals surface area contributed by atoms with Crippen LogP contribution < -0.4 is 0 Å². The van der Waals surface area contributed by atoms with Crippen molar-refractivity contribution in [3.05, 3.63) is 0 Å². The number of phosphoric acid groups is 2. The van der Waals surface area contributed by atoms with Crippen LogP contribution in [0.1, 0.15) is 396 Å². The van der Waals surface area contributed by atoms with E-state index in [-0.39, 0.29) is 25.7 Å². The number of carbonyl (C=O) groups is 4.